The molecule has 1 aromatic rings. The van der Waals surface area contributed by atoms with E-state index in [-0.39, 0.29) is 5.91 Å². The Morgan fingerprint density at radius 1 is 1.45 bits per heavy atom. The van der Waals surface area contributed by atoms with Crippen LogP contribution >= 0.6 is 11.3 Å². The minimum atomic E-state index is 0.236. The average molecular weight is 295 g/mol. The number of rotatable bonds is 6. The SMILES string of the molecule is CCNCC1CCN(C(=O)Cc2csc(CC)n2)CC1. The quantitative estimate of drug-likeness (QED) is 0.874. The minimum Gasteiger partial charge on any atom is -0.342 e. The van der Waals surface area contributed by atoms with E-state index in [0.29, 0.717) is 6.42 Å². The van der Waals surface area contributed by atoms with Gasteiger partial charge in [-0.2, -0.15) is 0 Å². The van der Waals surface area contributed by atoms with Crippen LogP contribution in [0.5, 0.6) is 0 Å². The maximum absolute atomic E-state index is 12.3. The lowest BCUT2D eigenvalue weighted by molar-refractivity contribution is -0.131. The fourth-order valence-electron chi connectivity index (χ4n) is 2.59. The monoisotopic (exact) mass is 295 g/mol. The first-order chi connectivity index (χ1) is 9.72. The standard InChI is InChI=1S/C15H25N3OS/c1-3-14-17-13(11-20-14)9-15(19)18-7-5-12(6-8-18)10-16-4-2/h11-12,16H,3-10H2,1-2H3. The highest BCUT2D eigenvalue weighted by atomic mass is 32.1. The predicted molar refractivity (Wildman–Crippen MR) is 83.0 cm³/mol. The molecule has 0 radical (unpaired) electrons. The smallest absolute Gasteiger partial charge is 0.228 e. The number of hydrogen-bond acceptors (Lipinski definition) is 4. The Morgan fingerprint density at radius 2 is 2.20 bits per heavy atom. The van der Waals surface area contributed by atoms with Gasteiger partial charge in [0.05, 0.1) is 17.1 Å². The van der Waals surface area contributed by atoms with Gasteiger partial charge in [-0.15, -0.1) is 11.3 Å². The van der Waals surface area contributed by atoms with Gasteiger partial charge in [0.2, 0.25) is 5.91 Å². The van der Waals surface area contributed by atoms with E-state index < -0.39 is 0 Å². The van der Waals surface area contributed by atoms with Crippen LogP contribution in [0, 0.1) is 5.92 Å². The normalized spacial score (nSPS) is 16.6. The summed E-state index contributed by atoms with van der Waals surface area (Å²) in [4.78, 5) is 18.7. The summed E-state index contributed by atoms with van der Waals surface area (Å²) in [6, 6.07) is 0. The summed E-state index contributed by atoms with van der Waals surface area (Å²) in [5.41, 5.74) is 0.937. The van der Waals surface area contributed by atoms with Gasteiger partial charge >= 0.3 is 0 Å². The van der Waals surface area contributed by atoms with E-state index in [4.69, 9.17) is 0 Å². The van der Waals surface area contributed by atoms with E-state index in [1.807, 2.05) is 10.3 Å². The van der Waals surface area contributed by atoms with Crippen molar-refractivity contribution in [3.8, 4) is 0 Å². The highest BCUT2D eigenvalue weighted by Crippen LogP contribution is 2.18. The number of amides is 1. The first-order valence-corrected chi connectivity index (χ1v) is 8.52. The maximum Gasteiger partial charge on any atom is 0.228 e. The molecule has 1 aliphatic heterocycles. The van der Waals surface area contributed by atoms with Crippen LogP contribution in [0.3, 0.4) is 0 Å². The second kappa shape index (κ2) is 7.74. The molecule has 1 aliphatic rings. The summed E-state index contributed by atoms with van der Waals surface area (Å²) in [5.74, 6) is 0.963. The fourth-order valence-corrected chi connectivity index (χ4v) is 3.34. The third-order valence-electron chi connectivity index (χ3n) is 3.88. The van der Waals surface area contributed by atoms with Gasteiger partial charge in [-0.3, -0.25) is 4.79 Å². The highest BCUT2D eigenvalue weighted by molar-refractivity contribution is 7.09. The largest absolute Gasteiger partial charge is 0.342 e. The van der Waals surface area contributed by atoms with Crippen molar-refractivity contribution in [2.24, 2.45) is 5.92 Å². The van der Waals surface area contributed by atoms with Crippen molar-refractivity contribution in [1.82, 2.24) is 15.2 Å². The Kier molecular flexibility index (Phi) is 5.98. The zero-order valence-corrected chi connectivity index (χ0v) is 13.3. The molecule has 0 saturated carbocycles. The molecule has 1 fully saturated rings. The Labute approximate surface area is 125 Å². The summed E-state index contributed by atoms with van der Waals surface area (Å²) in [5, 5.41) is 6.54. The van der Waals surface area contributed by atoms with Crippen LogP contribution in [0.15, 0.2) is 5.38 Å². The Balaban J connectivity index is 1.76. The van der Waals surface area contributed by atoms with Crippen molar-refractivity contribution >= 4 is 17.2 Å². The van der Waals surface area contributed by atoms with E-state index in [1.54, 1.807) is 11.3 Å². The summed E-state index contributed by atoms with van der Waals surface area (Å²) < 4.78 is 0. The molecule has 1 saturated heterocycles. The third-order valence-corrected chi connectivity index (χ3v) is 4.93. The van der Waals surface area contributed by atoms with E-state index in [9.17, 15) is 4.79 Å². The predicted octanol–water partition coefficient (Wildman–Crippen LogP) is 2.10. The molecule has 112 valence electrons. The van der Waals surface area contributed by atoms with Gasteiger partial charge in [-0.05, 0) is 38.3 Å². The lowest BCUT2D eigenvalue weighted by atomic mass is 9.96. The number of nitrogens with one attached hydrogen (secondary N) is 1. The molecule has 0 aliphatic carbocycles. The number of likely N-dealkylation sites (tertiary alicyclic amines) is 1. The molecule has 1 amide bonds. The van der Waals surface area contributed by atoms with Crippen molar-refractivity contribution in [1.29, 1.82) is 0 Å². The van der Waals surface area contributed by atoms with Crippen LogP contribution in [-0.4, -0.2) is 42.0 Å². The molecule has 0 atom stereocenters. The number of nitrogens with zero attached hydrogens (tertiary/aromatic N) is 2. The molecule has 4 nitrogen and oxygen atoms in total. The molecule has 0 unspecified atom stereocenters. The zero-order valence-electron chi connectivity index (χ0n) is 12.5. The minimum absolute atomic E-state index is 0.236. The van der Waals surface area contributed by atoms with Gasteiger partial charge in [0.15, 0.2) is 0 Å². The van der Waals surface area contributed by atoms with Crippen molar-refractivity contribution in [3.63, 3.8) is 0 Å². The number of aryl methyl sites for hydroxylation is 1. The van der Waals surface area contributed by atoms with Gasteiger partial charge in [-0.1, -0.05) is 13.8 Å². The van der Waals surface area contributed by atoms with Crippen LogP contribution in [-0.2, 0) is 17.6 Å². The Morgan fingerprint density at radius 3 is 2.80 bits per heavy atom. The first-order valence-electron chi connectivity index (χ1n) is 7.64. The molecule has 2 rings (SSSR count). The fraction of sp³-hybridized carbons (Fsp3) is 0.733. The van der Waals surface area contributed by atoms with Gasteiger partial charge in [0.1, 0.15) is 0 Å². The van der Waals surface area contributed by atoms with Crippen LogP contribution in [0.4, 0.5) is 0 Å². The van der Waals surface area contributed by atoms with Crippen molar-refractivity contribution in [2.45, 2.75) is 39.5 Å². The van der Waals surface area contributed by atoms with E-state index in [0.717, 1.165) is 62.1 Å². The summed E-state index contributed by atoms with van der Waals surface area (Å²) in [6.45, 7) is 8.16. The Hall–Kier alpha value is -0.940. The van der Waals surface area contributed by atoms with Crippen molar-refractivity contribution in [3.05, 3.63) is 16.1 Å². The number of aromatic nitrogens is 1. The van der Waals surface area contributed by atoms with Crippen molar-refractivity contribution < 1.29 is 4.79 Å². The second-order valence-electron chi connectivity index (χ2n) is 5.39. The number of hydrogen-bond donors (Lipinski definition) is 1. The van der Waals surface area contributed by atoms with Crippen LogP contribution in [0.1, 0.15) is 37.4 Å². The van der Waals surface area contributed by atoms with Crippen molar-refractivity contribution in [2.75, 3.05) is 26.2 Å². The zero-order chi connectivity index (χ0) is 14.4. The topological polar surface area (TPSA) is 45.2 Å². The molecular formula is C15H25N3OS. The second-order valence-corrected chi connectivity index (χ2v) is 6.34. The lowest BCUT2D eigenvalue weighted by Crippen LogP contribution is -2.41. The van der Waals surface area contributed by atoms with Gasteiger partial charge in [-0.25, -0.2) is 4.98 Å². The molecule has 5 heteroatoms. The van der Waals surface area contributed by atoms with Crippen LogP contribution < -0.4 is 5.32 Å². The van der Waals surface area contributed by atoms with Gasteiger partial charge in [0, 0.05) is 18.5 Å². The number of piperidine rings is 1. The van der Waals surface area contributed by atoms with Gasteiger partial charge in [0.25, 0.3) is 0 Å². The van der Waals surface area contributed by atoms with Crippen LogP contribution in [0.2, 0.25) is 0 Å². The summed E-state index contributed by atoms with van der Waals surface area (Å²) in [6.07, 6.45) is 3.66. The van der Waals surface area contributed by atoms with E-state index in [2.05, 4.69) is 24.1 Å². The number of carbonyl (C=O) groups is 1. The van der Waals surface area contributed by atoms with Crippen LogP contribution in [0.25, 0.3) is 0 Å². The molecule has 0 aromatic carbocycles. The summed E-state index contributed by atoms with van der Waals surface area (Å²) >= 11 is 1.66. The first kappa shape index (κ1) is 15.4. The maximum atomic E-state index is 12.3. The molecule has 1 N–H and O–H groups in total. The van der Waals surface area contributed by atoms with E-state index in [1.165, 1.54) is 0 Å². The molecule has 2 heterocycles. The lowest BCUT2D eigenvalue weighted by Gasteiger charge is -2.32. The van der Waals surface area contributed by atoms with E-state index >= 15 is 0 Å². The Bertz CT molecular complexity index is 425. The van der Waals surface area contributed by atoms with Gasteiger partial charge < -0.3 is 10.2 Å². The molecular weight excluding hydrogens is 270 g/mol. The summed E-state index contributed by atoms with van der Waals surface area (Å²) in [7, 11) is 0. The molecule has 0 bridgehead atoms. The number of thiazole rings is 1. The average Bonchev–Trinajstić information content (AvgIpc) is 2.93. The number of carbonyl (C=O) groups excluding carboxylic acids is 1. The molecule has 20 heavy (non-hydrogen) atoms. The highest BCUT2D eigenvalue weighted by Gasteiger charge is 2.22. The molecule has 1 aromatic heterocycles. The molecule has 0 spiro atoms. The third kappa shape index (κ3) is 4.28.